The van der Waals surface area contributed by atoms with Gasteiger partial charge in [0.2, 0.25) is 5.91 Å². The molecule has 1 heterocycles. The number of hydrogen-bond acceptors (Lipinski definition) is 10. The summed E-state index contributed by atoms with van der Waals surface area (Å²) in [7, 11) is 0. The van der Waals surface area contributed by atoms with Crippen molar-refractivity contribution in [3.63, 3.8) is 0 Å². The van der Waals surface area contributed by atoms with Crippen molar-refractivity contribution >= 4 is 68.9 Å². The first-order valence-corrected chi connectivity index (χ1v) is 21.3. The first kappa shape index (κ1) is 53.6. The number of hydrogen-bond donors (Lipinski definition) is 5. The zero-order chi connectivity index (χ0) is 52.1. The van der Waals surface area contributed by atoms with Crippen molar-refractivity contribution in [1.82, 2.24) is 9.97 Å². The van der Waals surface area contributed by atoms with Gasteiger partial charge in [-0.05, 0) is 95.7 Å². The van der Waals surface area contributed by atoms with Gasteiger partial charge in [0.05, 0.1) is 22.1 Å². The second-order valence-electron chi connectivity index (χ2n) is 15.1. The Balaban J connectivity index is 1.33. The number of Topliss-reactive ketones (excluding diaryl/α,β-unsaturated/α-hetero) is 3. The molecule has 72 heavy (non-hydrogen) atoms. The number of ketones is 3. The van der Waals surface area contributed by atoms with Crippen LogP contribution in [0.1, 0.15) is 58.4 Å². The number of rotatable bonds is 16. The van der Waals surface area contributed by atoms with Gasteiger partial charge in [-0.25, -0.2) is 4.79 Å². The molecule has 0 saturated heterocycles. The summed E-state index contributed by atoms with van der Waals surface area (Å²) in [6, 6.07) is 19.5. The van der Waals surface area contributed by atoms with E-state index in [0.717, 1.165) is 0 Å². The van der Waals surface area contributed by atoms with Crippen LogP contribution >= 0.6 is 0 Å². The molecule has 4 rings (SSSR count). The van der Waals surface area contributed by atoms with Crippen LogP contribution in [-0.2, 0) is 33.5 Å². The summed E-state index contributed by atoms with van der Waals surface area (Å²) >= 11 is 0. The van der Waals surface area contributed by atoms with Crippen LogP contribution in [0, 0.1) is 142 Å². The largest absolute Gasteiger partial charge is 0.371 e. The van der Waals surface area contributed by atoms with Crippen LogP contribution < -0.4 is 21.7 Å². The van der Waals surface area contributed by atoms with Gasteiger partial charge in [-0.3, -0.25) is 34.2 Å². The lowest BCUT2D eigenvalue weighted by Crippen LogP contribution is -2.35. The predicted octanol–water partition coefficient (Wildman–Crippen LogP) is 4.71. The van der Waals surface area contributed by atoms with Gasteiger partial charge in [0, 0.05) is 108 Å². The standard InChI is InChI=1S/C58H38N6O8/c1-6-8-9-10-11-12-13-14-15-16-17-18-19-20-21-22-23-24-25-29-37-72-55(69)47(7-2)51(66)40-48(43-31-27-26-28-32-43)52(67)41-58(4,5)56(70)60-45-34-30-33-44(38-45)59-54(68)53(42(3)65)64-63-46-35-36-49-50(39-46)62-57(71)61-49/h1,26-28,30-36,38-39,47-48,63H,7,40-41H2,2-5H3,(H,59,68)(H,60,70)(H2,61,62,71)/b64-53-. The molecule has 5 N–H and O–H groups in total. The summed E-state index contributed by atoms with van der Waals surface area (Å²) in [4.78, 5) is 96.8. The number of carbonyl (C=O) groups is 6. The number of carbonyl (C=O) groups excluding carboxylic acids is 6. The Morgan fingerprint density at radius 3 is 1.75 bits per heavy atom. The van der Waals surface area contributed by atoms with Crippen LogP contribution in [0.4, 0.5) is 17.1 Å². The van der Waals surface area contributed by atoms with Crippen molar-refractivity contribution in [1.29, 1.82) is 0 Å². The molecule has 1 aromatic heterocycles. The van der Waals surface area contributed by atoms with Gasteiger partial charge < -0.3 is 25.3 Å². The first-order valence-electron chi connectivity index (χ1n) is 21.3. The van der Waals surface area contributed by atoms with E-state index < -0.39 is 63.8 Å². The molecule has 2 unspecified atom stereocenters. The molecular formula is C58H38N6O8. The van der Waals surface area contributed by atoms with Crippen LogP contribution in [0.15, 0.2) is 82.7 Å². The molecule has 3 aromatic carbocycles. The number of hydrazone groups is 1. The zero-order valence-corrected chi connectivity index (χ0v) is 39.0. The minimum Gasteiger partial charge on any atom is -0.371 e. The van der Waals surface area contributed by atoms with E-state index in [9.17, 15) is 33.6 Å². The van der Waals surface area contributed by atoms with E-state index in [0.29, 0.717) is 22.3 Å². The van der Waals surface area contributed by atoms with E-state index in [4.69, 9.17) is 11.2 Å². The number of H-pyrrole nitrogens is 2. The SMILES string of the molecule is C#CC#CC#CC#CC#CC#CC#CC#CC#CC#CC#COC(=O)C(CC)C(=O)CC(C(=O)CC(C)(C)C(=O)Nc1cccc(NC(=O)/C(=N\Nc2ccc3[nH]c(=O)[nH]c3c2)C(C)=O)c1)c1ccccc1. The van der Waals surface area contributed by atoms with Crippen molar-refractivity contribution in [3.8, 4) is 131 Å². The maximum atomic E-state index is 14.1. The van der Waals surface area contributed by atoms with Gasteiger partial charge in [-0.1, -0.05) is 57.2 Å². The molecule has 0 aliphatic rings. The summed E-state index contributed by atoms with van der Waals surface area (Å²) in [5, 5.41) is 9.35. The van der Waals surface area contributed by atoms with Gasteiger partial charge in [0.25, 0.3) is 5.91 Å². The minimum atomic E-state index is -1.31. The monoisotopic (exact) mass is 946 g/mol. The Labute approximate surface area is 416 Å². The molecule has 0 radical (unpaired) electrons. The number of terminal acetylenes is 1. The number of anilines is 3. The van der Waals surface area contributed by atoms with Crippen molar-refractivity contribution < 1.29 is 33.5 Å². The Morgan fingerprint density at radius 1 is 0.653 bits per heavy atom. The minimum absolute atomic E-state index is 0.0600. The number of aromatic nitrogens is 2. The molecule has 0 bridgehead atoms. The third kappa shape index (κ3) is 18.0. The molecule has 2 amide bonds. The number of aromatic amines is 2. The van der Waals surface area contributed by atoms with Crippen LogP contribution in [0.25, 0.3) is 11.0 Å². The number of nitrogens with zero attached hydrogens (tertiary/aromatic N) is 1. The molecule has 0 saturated carbocycles. The summed E-state index contributed by atoms with van der Waals surface area (Å²) in [5.41, 5.74) is 2.94. The van der Waals surface area contributed by atoms with Crippen molar-refractivity contribution in [2.45, 2.75) is 52.9 Å². The van der Waals surface area contributed by atoms with E-state index in [1.807, 2.05) is 0 Å². The van der Waals surface area contributed by atoms with Crippen LogP contribution in [0.5, 0.6) is 0 Å². The molecule has 4 aromatic rings. The normalized spacial score (nSPS) is 10.2. The first-order chi connectivity index (χ1) is 34.7. The highest BCUT2D eigenvalue weighted by Gasteiger charge is 2.37. The van der Waals surface area contributed by atoms with Gasteiger partial charge in [0.15, 0.2) is 11.5 Å². The van der Waals surface area contributed by atoms with E-state index in [2.05, 4.69) is 156 Å². The van der Waals surface area contributed by atoms with E-state index >= 15 is 0 Å². The number of amides is 2. The third-order valence-corrected chi connectivity index (χ3v) is 9.45. The highest BCUT2D eigenvalue weighted by molar-refractivity contribution is 6.67. The Kier molecular flexibility index (Phi) is 21.0. The van der Waals surface area contributed by atoms with Gasteiger partial charge in [0.1, 0.15) is 23.6 Å². The van der Waals surface area contributed by atoms with Crippen molar-refractivity contribution in [2.24, 2.45) is 16.4 Å². The summed E-state index contributed by atoms with van der Waals surface area (Å²) < 4.78 is 5.00. The fraction of sp³-hybridized carbons (Fsp3) is 0.172. The number of fused-ring (bicyclic) bond motifs is 1. The number of esters is 1. The maximum absolute atomic E-state index is 14.1. The van der Waals surface area contributed by atoms with Crippen LogP contribution in [0.3, 0.4) is 0 Å². The average Bonchev–Trinajstić information content (AvgIpc) is 3.73. The smallest absolute Gasteiger partial charge is 0.330 e. The Bertz CT molecular complexity index is 3640. The topological polar surface area (TPSA) is 209 Å². The van der Waals surface area contributed by atoms with Gasteiger partial charge in [-0.2, -0.15) is 5.10 Å². The predicted molar refractivity (Wildman–Crippen MR) is 273 cm³/mol. The highest BCUT2D eigenvalue weighted by Crippen LogP contribution is 2.32. The van der Waals surface area contributed by atoms with E-state index in [-0.39, 0.29) is 30.6 Å². The molecule has 14 heteroatoms. The van der Waals surface area contributed by atoms with Crippen molar-refractivity contribution in [3.05, 3.63) is 88.8 Å². The third-order valence-electron chi connectivity index (χ3n) is 9.45. The van der Waals surface area contributed by atoms with Crippen LogP contribution in [0.2, 0.25) is 0 Å². The summed E-state index contributed by atoms with van der Waals surface area (Å²) in [6.07, 6.45) is 6.53. The lowest BCUT2D eigenvalue weighted by molar-refractivity contribution is -0.147. The van der Waals surface area contributed by atoms with E-state index in [1.165, 1.54) is 19.1 Å². The van der Waals surface area contributed by atoms with Crippen molar-refractivity contribution in [2.75, 3.05) is 16.1 Å². The second kappa shape index (κ2) is 28.2. The fourth-order valence-corrected chi connectivity index (χ4v) is 6.03. The maximum Gasteiger partial charge on any atom is 0.330 e. The quantitative estimate of drug-likeness (QED) is 0.0346. The molecule has 0 spiro atoms. The summed E-state index contributed by atoms with van der Waals surface area (Å²) in [5.74, 6) is 42.2. The lowest BCUT2D eigenvalue weighted by atomic mass is 9.78. The molecule has 348 valence electrons. The second-order valence-corrected chi connectivity index (χ2v) is 15.1. The number of imidazole rings is 1. The molecule has 0 aliphatic heterocycles. The highest BCUT2D eigenvalue weighted by atomic mass is 16.5. The average molecular weight is 947 g/mol. The zero-order valence-electron chi connectivity index (χ0n) is 39.0. The molecule has 2 atom stereocenters. The summed E-state index contributed by atoms with van der Waals surface area (Å²) in [6.45, 7) is 5.93. The van der Waals surface area contributed by atoms with Gasteiger partial charge in [-0.15, -0.1) is 6.42 Å². The Hall–Kier alpha value is -11.0. The van der Waals surface area contributed by atoms with Crippen LogP contribution in [-0.4, -0.2) is 50.8 Å². The fourth-order valence-electron chi connectivity index (χ4n) is 6.03. The van der Waals surface area contributed by atoms with Gasteiger partial charge >= 0.3 is 11.7 Å². The molecule has 0 aliphatic carbocycles. The Morgan fingerprint density at radius 2 is 1.19 bits per heavy atom. The molecular weight excluding hydrogens is 909 g/mol. The number of benzene rings is 3. The lowest BCUT2D eigenvalue weighted by Gasteiger charge is -2.26. The number of ether oxygens (including phenoxy) is 1. The molecule has 0 fully saturated rings. The molecule has 14 nitrogen and oxygen atoms in total. The number of nitrogens with one attached hydrogen (secondary N) is 5. The van der Waals surface area contributed by atoms with E-state index in [1.54, 1.807) is 81.4 Å².